The van der Waals surface area contributed by atoms with Crippen LogP contribution in [0.25, 0.3) is 5.31 Å². The predicted octanol–water partition coefficient (Wildman–Crippen LogP) is -2.50. The fourth-order valence-corrected chi connectivity index (χ4v) is 0. The molecule has 0 spiro atoms. The van der Waals surface area contributed by atoms with Crippen LogP contribution in [0.5, 0.6) is 0 Å². The molecule has 0 radical (unpaired) electrons. The molecule has 0 aromatic carbocycles. The molecule has 0 aromatic heterocycles. The van der Waals surface area contributed by atoms with E-state index in [1.165, 1.54) is 0 Å². The third-order valence-corrected chi connectivity index (χ3v) is 0. The third kappa shape index (κ3) is 13.3. The molecule has 0 heterocycles. The van der Waals surface area contributed by atoms with Crippen LogP contribution in [0.4, 0.5) is 0 Å². The molecule has 0 aromatic rings. The van der Waals surface area contributed by atoms with Gasteiger partial charge in [0, 0.05) is 0 Å². The van der Waals surface area contributed by atoms with Crippen molar-refractivity contribution >= 4 is 7.07 Å². The second-order valence-electron chi connectivity index (χ2n) is 0.258. The second kappa shape index (κ2) is 9.12. The van der Waals surface area contributed by atoms with Crippen LogP contribution >= 0.6 is 0 Å². The summed E-state index contributed by atoms with van der Waals surface area (Å²) in [7, 11) is 1.00. The van der Waals surface area contributed by atoms with Gasteiger partial charge in [0.05, 0.1) is 0 Å². The maximum Gasteiger partial charge on any atom is 1.00 e. The molecule has 16 valence electrons. The smallest absolute Gasteiger partial charge is 1.00 e. The second-order valence-corrected chi connectivity index (χ2v) is 0.258. The summed E-state index contributed by atoms with van der Waals surface area (Å²) in [6, 6.07) is 0. The average molecular weight is 62.8 g/mol. The first-order chi connectivity index (χ1) is 1.41. The standard InChI is InChI=1S/CH3BN.Na/c1-2-3;/h1H3;/q-1;+1. The van der Waals surface area contributed by atoms with Gasteiger partial charge in [-0.15, -0.1) is 0 Å². The molecule has 0 aliphatic heterocycles. The quantitative estimate of drug-likeness (QED) is 0.277. The normalized spacial score (nSPS) is 2.25. The molecule has 3 heteroatoms. The van der Waals surface area contributed by atoms with E-state index in [9.17, 15) is 0 Å². The van der Waals surface area contributed by atoms with Crippen LogP contribution in [0.3, 0.4) is 0 Å². The van der Waals surface area contributed by atoms with Crippen molar-refractivity contribution in [3.63, 3.8) is 0 Å². The summed E-state index contributed by atoms with van der Waals surface area (Å²) in [6.07, 6.45) is 0. The van der Waals surface area contributed by atoms with Crippen molar-refractivity contribution in [2.24, 2.45) is 0 Å². The molecule has 0 amide bonds. The van der Waals surface area contributed by atoms with Gasteiger partial charge >= 0.3 is 48.8 Å². The SMILES string of the molecule is CB=[N-].[Na+]. The van der Waals surface area contributed by atoms with Gasteiger partial charge in [-0.1, -0.05) is 0 Å². The fourth-order valence-electron chi connectivity index (χ4n) is 0. The van der Waals surface area contributed by atoms with E-state index >= 15 is 0 Å². The first-order valence-electron chi connectivity index (χ1n) is 0.836. The van der Waals surface area contributed by atoms with Crippen LogP contribution in [0, 0.1) is 0 Å². The minimum Gasteiger partial charge on any atom is 1.00 e. The molecule has 4 heavy (non-hydrogen) atoms. The van der Waals surface area contributed by atoms with Crippen LogP contribution in [0.2, 0.25) is 6.82 Å². The fraction of sp³-hybridized carbons (Fsp3) is 1.00. The van der Waals surface area contributed by atoms with Crippen molar-refractivity contribution < 1.29 is 29.6 Å². The van der Waals surface area contributed by atoms with Crippen LogP contribution < -0.4 is 29.6 Å². The summed E-state index contributed by atoms with van der Waals surface area (Å²) in [5, 5.41) is 7.44. The molecule has 0 unspecified atom stereocenters. The van der Waals surface area contributed by atoms with Crippen LogP contribution in [0.1, 0.15) is 0 Å². The molecule has 0 saturated carbocycles. The maximum absolute atomic E-state index is 7.44. The summed E-state index contributed by atoms with van der Waals surface area (Å²) < 4.78 is 0. The van der Waals surface area contributed by atoms with E-state index in [-0.39, 0.29) is 29.6 Å². The molecular formula is CH3BNNa. The Hall–Kier alpha value is 0.865. The largest absolute Gasteiger partial charge is 1.00 e. The average Bonchev–Trinajstić information content (AvgIpc) is 0.918. The zero-order chi connectivity index (χ0) is 2.71. The Morgan fingerprint density at radius 2 is 1.75 bits per heavy atom. The molecule has 0 rings (SSSR count). The van der Waals surface area contributed by atoms with Gasteiger partial charge < -0.3 is 0 Å². The number of rotatable bonds is 0. The van der Waals surface area contributed by atoms with Crippen LogP contribution in [-0.4, -0.2) is 7.07 Å². The molecule has 0 aliphatic rings. The molecule has 0 bridgehead atoms. The van der Waals surface area contributed by atoms with Crippen molar-refractivity contribution in [2.45, 2.75) is 6.82 Å². The summed E-state index contributed by atoms with van der Waals surface area (Å²) in [6.45, 7) is 1.56. The van der Waals surface area contributed by atoms with Crippen LogP contribution in [0.15, 0.2) is 0 Å². The Balaban J connectivity index is 0. The number of hydrogen-bond donors (Lipinski definition) is 0. The van der Waals surface area contributed by atoms with Gasteiger partial charge in [0.15, 0.2) is 0 Å². The van der Waals surface area contributed by atoms with Gasteiger partial charge in [0.1, 0.15) is 0 Å². The van der Waals surface area contributed by atoms with Crippen molar-refractivity contribution in [2.75, 3.05) is 0 Å². The Labute approximate surface area is 48.8 Å². The monoisotopic (exact) mass is 63.0 g/mol. The van der Waals surface area contributed by atoms with Gasteiger partial charge in [0.25, 0.3) is 0 Å². The minimum absolute atomic E-state index is 0. The van der Waals surface area contributed by atoms with E-state index in [4.69, 9.17) is 5.31 Å². The summed E-state index contributed by atoms with van der Waals surface area (Å²) in [5.74, 6) is 0. The van der Waals surface area contributed by atoms with E-state index in [2.05, 4.69) is 0 Å². The van der Waals surface area contributed by atoms with E-state index in [0.29, 0.717) is 0 Å². The van der Waals surface area contributed by atoms with Crippen molar-refractivity contribution in [1.82, 2.24) is 0 Å². The maximum atomic E-state index is 7.44. The Morgan fingerprint density at radius 3 is 1.75 bits per heavy atom. The van der Waals surface area contributed by atoms with Crippen LogP contribution in [-0.2, 0) is 0 Å². The Bertz CT molecular complexity index is 15.5. The molecular weight excluding hydrogens is 59.8 g/mol. The Kier molecular flexibility index (Phi) is 20.2. The van der Waals surface area contributed by atoms with E-state index in [1.54, 1.807) is 6.82 Å². The zero-order valence-electron chi connectivity index (χ0n) is 3.02. The molecule has 0 N–H and O–H groups in total. The zero-order valence-corrected chi connectivity index (χ0v) is 5.02. The van der Waals surface area contributed by atoms with E-state index in [1.807, 2.05) is 0 Å². The molecule has 0 aliphatic carbocycles. The van der Waals surface area contributed by atoms with Gasteiger partial charge in [-0.25, -0.2) is 0 Å². The first-order valence-corrected chi connectivity index (χ1v) is 0.836. The molecule has 1 nitrogen and oxygen atoms in total. The van der Waals surface area contributed by atoms with Gasteiger partial charge in [-0.2, -0.15) is 0 Å². The van der Waals surface area contributed by atoms with E-state index in [0.717, 1.165) is 7.07 Å². The minimum atomic E-state index is 0. The predicted molar refractivity (Wildman–Crippen MR) is 15.0 cm³/mol. The van der Waals surface area contributed by atoms with Crippen molar-refractivity contribution in [1.29, 1.82) is 0 Å². The number of nitrogens with zero attached hydrogens (tertiary/aromatic N) is 1. The van der Waals surface area contributed by atoms with Gasteiger partial charge in [-0.05, 0) is 0 Å². The molecule has 0 fully saturated rings. The summed E-state index contributed by atoms with van der Waals surface area (Å²) in [4.78, 5) is 0. The van der Waals surface area contributed by atoms with Gasteiger partial charge in [-0.3, -0.25) is 0 Å². The molecule has 0 saturated heterocycles. The van der Waals surface area contributed by atoms with Crippen molar-refractivity contribution in [3.8, 4) is 0 Å². The summed E-state index contributed by atoms with van der Waals surface area (Å²) >= 11 is 0. The third-order valence-electron chi connectivity index (χ3n) is 0. The molecule has 0 atom stereocenters. The summed E-state index contributed by atoms with van der Waals surface area (Å²) in [5.41, 5.74) is 0. The van der Waals surface area contributed by atoms with Gasteiger partial charge in [0.2, 0.25) is 0 Å². The Morgan fingerprint density at radius 1 is 1.75 bits per heavy atom. The van der Waals surface area contributed by atoms with Crippen molar-refractivity contribution in [3.05, 3.63) is 5.31 Å². The first kappa shape index (κ1) is 8.85. The van der Waals surface area contributed by atoms with E-state index < -0.39 is 0 Å². The number of hydrogen-bond acceptors (Lipinski definition) is 0. The topological polar surface area (TPSA) is 22.3 Å².